The lowest BCUT2D eigenvalue weighted by molar-refractivity contribution is 0.0789. The first-order valence-corrected chi connectivity index (χ1v) is 4.45. The molecule has 1 atom stereocenters. The van der Waals surface area contributed by atoms with Crippen LogP contribution in [0.2, 0.25) is 0 Å². The first kappa shape index (κ1) is 10.3. The summed E-state index contributed by atoms with van der Waals surface area (Å²) in [5.74, 6) is 0. The van der Waals surface area contributed by atoms with Crippen LogP contribution in [0.4, 0.5) is 0 Å². The van der Waals surface area contributed by atoms with Crippen molar-refractivity contribution in [3.8, 4) is 0 Å². The van der Waals surface area contributed by atoms with E-state index in [9.17, 15) is 5.11 Å². The van der Waals surface area contributed by atoms with E-state index in [1.54, 1.807) is 0 Å². The molecule has 0 bridgehead atoms. The molecule has 0 saturated carbocycles. The van der Waals surface area contributed by atoms with Crippen LogP contribution in [-0.4, -0.2) is 16.7 Å². The van der Waals surface area contributed by atoms with Crippen LogP contribution in [0.3, 0.4) is 0 Å². The second-order valence-electron chi connectivity index (χ2n) is 4.33. The van der Waals surface area contributed by atoms with Crippen molar-refractivity contribution in [2.75, 3.05) is 6.61 Å². The number of rotatable bonds is 3. The Balaban J connectivity index is 3.02. The van der Waals surface area contributed by atoms with Crippen molar-refractivity contribution < 1.29 is 5.11 Å². The molecule has 0 amide bonds. The average Bonchev–Trinajstić information content (AvgIpc) is 2.56. The Morgan fingerprint density at radius 3 is 2.46 bits per heavy atom. The van der Waals surface area contributed by atoms with Gasteiger partial charge in [0.1, 0.15) is 0 Å². The highest BCUT2D eigenvalue weighted by molar-refractivity contribution is 5.18. The fourth-order valence-electron chi connectivity index (χ4n) is 1.18. The van der Waals surface area contributed by atoms with Crippen LogP contribution in [0, 0.1) is 5.41 Å². The second kappa shape index (κ2) is 3.16. The van der Waals surface area contributed by atoms with Crippen LogP contribution in [0.25, 0.3) is 0 Å². The van der Waals surface area contributed by atoms with Gasteiger partial charge in [0, 0.05) is 17.3 Å². The van der Waals surface area contributed by atoms with Gasteiger partial charge in [-0.05, 0) is 19.1 Å². The lowest BCUT2D eigenvalue weighted by Gasteiger charge is -2.39. The number of aliphatic hydroxyl groups excluding tert-OH is 1. The van der Waals surface area contributed by atoms with Crippen molar-refractivity contribution in [3.63, 3.8) is 0 Å². The SMILES string of the molecule is CC(C)(CO)C(C)(N)c1ccc[nH]1. The van der Waals surface area contributed by atoms with E-state index in [-0.39, 0.29) is 12.0 Å². The Kier molecular flexibility index (Phi) is 2.50. The van der Waals surface area contributed by atoms with E-state index < -0.39 is 5.54 Å². The molecule has 0 aliphatic heterocycles. The highest BCUT2D eigenvalue weighted by Gasteiger charge is 2.39. The zero-order valence-electron chi connectivity index (χ0n) is 8.46. The molecule has 0 radical (unpaired) electrons. The molecule has 0 spiro atoms. The number of hydrogen-bond donors (Lipinski definition) is 3. The predicted molar refractivity (Wildman–Crippen MR) is 53.2 cm³/mol. The summed E-state index contributed by atoms with van der Waals surface area (Å²) in [6.07, 6.45) is 1.84. The molecule has 3 heteroatoms. The standard InChI is InChI=1S/C10H18N2O/c1-9(2,7-13)10(3,11)8-5-4-6-12-8/h4-6,12-13H,7,11H2,1-3H3. The molecular formula is C10H18N2O. The quantitative estimate of drug-likeness (QED) is 0.658. The molecule has 1 aromatic heterocycles. The Morgan fingerprint density at radius 2 is 2.08 bits per heavy atom. The molecule has 74 valence electrons. The summed E-state index contributed by atoms with van der Waals surface area (Å²) >= 11 is 0. The van der Waals surface area contributed by atoms with E-state index in [2.05, 4.69) is 4.98 Å². The summed E-state index contributed by atoms with van der Waals surface area (Å²) in [4.78, 5) is 3.08. The number of hydrogen-bond acceptors (Lipinski definition) is 2. The molecule has 0 aliphatic carbocycles. The van der Waals surface area contributed by atoms with Gasteiger partial charge in [-0.3, -0.25) is 0 Å². The van der Waals surface area contributed by atoms with Gasteiger partial charge < -0.3 is 15.8 Å². The maximum Gasteiger partial charge on any atom is 0.0606 e. The van der Waals surface area contributed by atoms with Crippen LogP contribution in [0.15, 0.2) is 18.3 Å². The number of aromatic amines is 1. The van der Waals surface area contributed by atoms with Crippen LogP contribution in [0.5, 0.6) is 0 Å². The van der Waals surface area contributed by atoms with E-state index in [4.69, 9.17) is 5.73 Å². The summed E-state index contributed by atoms with van der Waals surface area (Å²) in [7, 11) is 0. The third kappa shape index (κ3) is 1.62. The van der Waals surface area contributed by atoms with Gasteiger partial charge >= 0.3 is 0 Å². The Hall–Kier alpha value is -0.800. The smallest absolute Gasteiger partial charge is 0.0606 e. The van der Waals surface area contributed by atoms with Gasteiger partial charge in [-0.15, -0.1) is 0 Å². The third-order valence-corrected chi connectivity index (χ3v) is 2.96. The van der Waals surface area contributed by atoms with Gasteiger partial charge in [0.25, 0.3) is 0 Å². The highest BCUT2D eigenvalue weighted by atomic mass is 16.3. The number of nitrogens with one attached hydrogen (secondary N) is 1. The summed E-state index contributed by atoms with van der Waals surface area (Å²) in [5.41, 5.74) is 6.26. The maximum absolute atomic E-state index is 9.23. The Morgan fingerprint density at radius 1 is 1.46 bits per heavy atom. The van der Waals surface area contributed by atoms with Gasteiger partial charge in [0.15, 0.2) is 0 Å². The zero-order valence-corrected chi connectivity index (χ0v) is 8.46. The Bertz CT molecular complexity index is 262. The topological polar surface area (TPSA) is 62.0 Å². The lowest BCUT2D eigenvalue weighted by atomic mass is 9.72. The van der Waals surface area contributed by atoms with Gasteiger partial charge in [-0.2, -0.15) is 0 Å². The fourth-order valence-corrected chi connectivity index (χ4v) is 1.18. The molecule has 0 aliphatic rings. The highest BCUT2D eigenvalue weighted by Crippen LogP contribution is 2.35. The van der Waals surface area contributed by atoms with Crippen LogP contribution >= 0.6 is 0 Å². The van der Waals surface area contributed by atoms with Crippen molar-refractivity contribution in [2.24, 2.45) is 11.1 Å². The molecule has 1 unspecified atom stereocenters. The van der Waals surface area contributed by atoms with Crippen molar-refractivity contribution in [1.82, 2.24) is 4.98 Å². The average molecular weight is 182 g/mol. The van der Waals surface area contributed by atoms with E-state index in [1.807, 2.05) is 39.1 Å². The van der Waals surface area contributed by atoms with Gasteiger partial charge in [0.05, 0.1) is 12.1 Å². The third-order valence-electron chi connectivity index (χ3n) is 2.96. The predicted octanol–water partition coefficient (Wildman–Crippen LogP) is 1.21. The van der Waals surface area contributed by atoms with Crippen molar-refractivity contribution >= 4 is 0 Å². The minimum absolute atomic E-state index is 0.0685. The number of nitrogens with two attached hydrogens (primary N) is 1. The summed E-state index contributed by atoms with van der Waals surface area (Å²) in [6, 6.07) is 3.85. The van der Waals surface area contributed by atoms with Crippen LogP contribution in [0.1, 0.15) is 26.5 Å². The molecule has 1 heterocycles. The summed E-state index contributed by atoms with van der Waals surface area (Å²) in [5, 5.41) is 9.23. The fraction of sp³-hybridized carbons (Fsp3) is 0.600. The van der Waals surface area contributed by atoms with E-state index in [1.165, 1.54) is 0 Å². The maximum atomic E-state index is 9.23. The monoisotopic (exact) mass is 182 g/mol. The number of H-pyrrole nitrogens is 1. The zero-order chi connectivity index (χ0) is 10.1. The molecule has 4 N–H and O–H groups in total. The van der Waals surface area contributed by atoms with Crippen molar-refractivity contribution in [3.05, 3.63) is 24.0 Å². The summed E-state index contributed by atoms with van der Waals surface area (Å²) < 4.78 is 0. The Labute approximate surface area is 79.0 Å². The van der Waals surface area contributed by atoms with Gasteiger partial charge in [-0.25, -0.2) is 0 Å². The lowest BCUT2D eigenvalue weighted by Crippen LogP contribution is -2.49. The molecule has 1 aromatic rings. The minimum atomic E-state index is -0.536. The minimum Gasteiger partial charge on any atom is -0.396 e. The first-order chi connectivity index (χ1) is 5.92. The first-order valence-electron chi connectivity index (χ1n) is 4.45. The number of aliphatic hydroxyl groups is 1. The summed E-state index contributed by atoms with van der Waals surface area (Å²) in [6.45, 7) is 5.90. The second-order valence-corrected chi connectivity index (χ2v) is 4.33. The van der Waals surface area contributed by atoms with E-state index in [0.29, 0.717) is 0 Å². The van der Waals surface area contributed by atoms with Crippen LogP contribution in [-0.2, 0) is 5.54 Å². The molecule has 13 heavy (non-hydrogen) atoms. The molecule has 0 saturated heterocycles. The molecular weight excluding hydrogens is 164 g/mol. The van der Waals surface area contributed by atoms with Crippen LogP contribution < -0.4 is 5.73 Å². The molecule has 0 aromatic carbocycles. The number of aromatic nitrogens is 1. The van der Waals surface area contributed by atoms with E-state index in [0.717, 1.165) is 5.69 Å². The van der Waals surface area contributed by atoms with Gasteiger partial charge in [-0.1, -0.05) is 13.8 Å². The van der Waals surface area contributed by atoms with Gasteiger partial charge in [0.2, 0.25) is 0 Å². The largest absolute Gasteiger partial charge is 0.396 e. The van der Waals surface area contributed by atoms with E-state index >= 15 is 0 Å². The normalized spacial score (nSPS) is 17.0. The molecule has 3 nitrogen and oxygen atoms in total. The van der Waals surface area contributed by atoms with Crippen molar-refractivity contribution in [1.29, 1.82) is 0 Å². The molecule has 0 fully saturated rings. The molecule has 1 rings (SSSR count). The van der Waals surface area contributed by atoms with Crippen molar-refractivity contribution in [2.45, 2.75) is 26.3 Å².